The van der Waals surface area contributed by atoms with Crippen molar-refractivity contribution in [1.29, 1.82) is 0 Å². The fourth-order valence-corrected chi connectivity index (χ4v) is 2.43. The van der Waals surface area contributed by atoms with Crippen molar-refractivity contribution in [2.45, 2.75) is 6.54 Å². The Morgan fingerprint density at radius 2 is 1.32 bits per heavy atom. The minimum absolute atomic E-state index is 0. The predicted octanol–water partition coefficient (Wildman–Crippen LogP) is 3.70. The lowest BCUT2D eigenvalue weighted by atomic mass is 10.0. The molecule has 0 bridgehead atoms. The van der Waals surface area contributed by atoms with Gasteiger partial charge in [-0.15, -0.1) is 37.2 Å². The van der Waals surface area contributed by atoms with E-state index in [1.165, 1.54) is 16.3 Å². The summed E-state index contributed by atoms with van der Waals surface area (Å²) in [7, 11) is 0. The van der Waals surface area contributed by atoms with Crippen molar-refractivity contribution in [3.05, 3.63) is 54.1 Å². The van der Waals surface area contributed by atoms with Crippen LogP contribution in [0.2, 0.25) is 0 Å². The fourth-order valence-electron chi connectivity index (χ4n) is 2.43. The van der Waals surface area contributed by atoms with E-state index in [9.17, 15) is 0 Å². The molecule has 0 aliphatic heterocycles. The summed E-state index contributed by atoms with van der Waals surface area (Å²) in [4.78, 5) is 4.71. The molecule has 0 saturated carbocycles. The van der Waals surface area contributed by atoms with Crippen molar-refractivity contribution in [2.24, 2.45) is 5.73 Å². The van der Waals surface area contributed by atoms with Gasteiger partial charge in [0.05, 0.1) is 11.0 Å². The van der Waals surface area contributed by atoms with E-state index in [1.54, 1.807) is 0 Å². The smallest absolute Gasteiger partial charge is 0.0713 e. The van der Waals surface area contributed by atoms with E-state index in [2.05, 4.69) is 41.7 Å². The Balaban J connectivity index is 0.00000147. The maximum absolute atomic E-state index is 5.54. The Morgan fingerprint density at radius 3 is 1.82 bits per heavy atom. The van der Waals surface area contributed by atoms with Crippen LogP contribution in [-0.2, 0) is 6.54 Å². The van der Waals surface area contributed by atoms with Gasteiger partial charge in [0.15, 0.2) is 0 Å². The molecule has 0 atom stereocenters. The minimum Gasteiger partial charge on any atom is -0.329 e. The van der Waals surface area contributed by atoms with Crippen molar-refractivity contribution in [3.63, 3.8) is 0 Å². The molecule has 2 aromatic carbocycles. The average molecular weight is 361 g/mol. The summed E-state index contributed by atoms with van der Waals surface area (Å²) in [6.07, 6.45) is 0. The lowest BCUT2D eigenvalue weighted by Gasteiger charge is -2.11. The Hall–Kier alpha value is -1.10. The van der Waals surface area contributed by atoms with Crippen LogP contribution in [0.4, 0.5) is 0 Å². The minimum atomic E-state index is 0. The van der Waals surface area contributed by atoms with E-state index >= 15 is 0 Å². The number of nitrogens with one attached hydrogen (secondary N) is 1. The number of halogens is 3. The molecule has 22 heavy (non-hydrogen) atoms. The zero-order chi connectivity index (χ0) is 13.1. The third-order valence-electron chi connectivity index (χ3n) is 3.32. The van der Waals surface area contributed by atoms with E-state index in [0.29, 0.717) is 6.54 Å². The third kappa shape index (κ3) is 4.22. The maximum Gasteiger partial charge on any atom is 0.0713 e. The fraction of sp³-hybridized carbons (Fsp3) is 0.188. The third-order valence-corrected chi connectivity index (χ3v) is 3.32. The molecular formula is C16H20Cl3N3. The quantitative estimate of drug-likeness (QED) is 0.551. The van der Waals surface area contributed by atoms with Gasteiger partial charge >= 0.3 is 0 Å². The molecule has 3 aromatic rings. The lowest BCUT2D eigenvalue weighted by Crippen LogP contribution is -2.22. The first-order valence-electron chi connectivity index (χ1n) is 6.57. The van der Waals surface area contributed by atoms with Gasteiger partial charge in [0.25, 0.3) is 0 Å². The van der Waals surface area contributed by atoms with Crippen LogP contribution < -0.4 is 11.1 Å². The number of benzene rings is 2. The molecule has 120 valence electrons. The molecule has 0 saturated heterocycles. The van der Waals surface area contributed by atoms with Crippen molar-refractivity contribution in [3.8, 4) is 0 Å². The summed E-state index contributed by atoms with van der Waals surface area (Å²) < 4.78 is 0. The van der Waals surface area contributed by atoms with E-state index in [-0.39, 0.29) is 37.2 Å². The number of para-hydroxylation sites is 2. The molecule has 3 N–H and O–H groups in total. The van der Waals surface area contributed by atoms with Gasteiger partial charge in [-0.2, -0.15) is 0 Å². The summed E-state index contributed by atoms with van der Waals surface area (Å²) >= 11 is 0. The average Bonchev–Trinajstić information content (AvgIpc) is 2.46. The number of nitrogens with two attached hydrogens (primary N) is 1. The molecule has 3 rings (SSSR count). The lowest BCUT2D eigenvalue weighted by molar-refractivity contribution is 0.700. The summed E-state index contributed by atoms with van der Waals surface area (Å²) in [5, 5.41) is 5.81. The Kier molecular flexibility index (Phi) is 9.33. The van der Waals surface area contributed by atoms with E-state index in [1.807, 2.05) is 12.1 Å². The Morgan fingerprint density at radius 1 is 0.818 bits per heavy atom. The van der Waals surface area contributed by atoms with Gasteiger partial charge < -0.3 is 11.1 Å². The molecule has 0 spiro atoms. The van der Waals surface area contributed by atoms with Crippen LogP contribution in [-0.4, -0.2) is 18.1 Å². The van der Waals surface area contributed by atoms with Crippen LogP contribution in [0.25, 0.3) is 21.8 Å². The topological polar surface area (TPSA) is 50.9 Å². The molecule has 0 fully saturated rings. The molecule has 3 nitrogen and oxygen atoms in total. The second-order valence-corrected chi connectivity index (χ2v) is 4.59. The highest BCUT2D eigenvalue weighted by Crippen LogP contribution is 2.25. The molecule has 0 aliphatic rings. The van der Waals surface area contributed by atoms with Crippen LogP contribution in [0.1, 0.15) is 5.56 Å². The van der Waals surface area contributed by atoms with Crippen LogP contribution in [0, 0.1) is 0 Å². The number of hydrogen-bond donors (Lipinski definition) is 2. The molecule has 1 aromatic heterocycles. The number of aromatic nitrogens is 1. The number of nitrogens with zero attached hydrogens (tertiary/aromatic N) is 1. The molecule has 0 unspecified atom stereocenters. The highest BCUT2D eigenvalue weighted by Gasteiger charge is 2.07. The van der Waals surface area contributed by atoms with Crippen molar-refractivity contribution in [2.75, 3.05) is 13.1 Å². The van der Waals surface area contributed by atoms with Crippen LogP contribution in [0.5, 0.6) is 0 Å². The first kappa shape index (κ1) is 20.9. The first-order valence-corrected chi connectivity index (χ1v) is 6.57. The van der Waals surface area contributed by atoms with Gasteiger partial charge in [-0.25, -0.2) is 4.98 Å². The number of fused-ring (bicyclic) bond motifs is 2. The summed E-state index contributed by atoms with van der Waals surface area (Å²) in [6.45, 7) is 2.30. The zero-order valence-electron chi connectivity index (χ0n) is 12.0. The van der Waals surface area contributed by atoms with Gasteiger partial charge in [0, 0.05) is 30.4 Å². The Labute approximate surface area is 148 Å². The molecule has 0 amide bonds. The maximum atomic E-state index is 5.54. The normalized spacial score (nSPS) is 9.68. The first-order chi connectivity index (χ1) is 9.40. The number of rotatable bonds is 4. The largest absolute Gasteiger partial charge is 0.329 e. The standard InChI is InChI=1S/C16H17N3.3ClH/c17-9-10-18-11-14-12-5-1-3-7-15(12)19-16-8-4-2-6-13(14)16;;;/h1-8,18H,9-11,17H2;3*1H. The van der Waals surface area contributed by atoms with Crippen molar-refractivity contribution < 1.29 is 0 Å². The molecule has 0 radical (unpaired) electrons. The van der Waals surface area contributed by atoms with Crippen molar-refractivity contribution >= 4 is 59.0 Å². The van der Waals surface area contributed by atoms with Crippen molar-refractivity contribution in [1.82, 2.24) is 10.3 Å². The molecule has 6 heteroatoms. The number of pyridine rings is 1. The van der Waals surface area contributed by atoms with Gasteiger partial charge in [-0.1, -0.05) is 36.4 Å². The monoisotopic (exact) mass is 359 g/mol. The van der Waals surface area contributed by atoms with E-state index < -0.39 is 0 Å². The summed E-state index contributed by atoms with van der Waals surface area (Å²) in [6, 6.07) is 16.6. The highest BCUT2D eigenvalue weighted by atomic mass is 35.5. The summed E-state index contributed by atoms with van der Waals surface area (Å²) in [5.41, 5.74) is 8.94. The second kappa shape index (κ2) is 9.82. The highest BCUT2D eigenvalue weighted by molar-refractivity contribution is 5.97. The van der Waals surface area contributed by atoms with Crippen LogP contribution >= 0.6 is 37.2 Å². The van der Waals surface area contributed by atoms with Gasteiger partial charge in [0.1, 0.15) is 0 Å². The van der Waals surface area contributed by atoms with Crippen LogP contribution in [0.3, 0.4) is 0 Å². The summed E-state index contributed by atoms with van der Waals surface area (Å²) in [5.74, 6) is 0. The molecule has 0 aliphatic carbocycles. The molecule has 1 heterocycles. The Bertz CT molecular complexity index is 665. The van der Waals surface area contributed by atoms with E-state index in [0.717, 1.165) is 24.1 Å². The van der Waals surface area contributed by atoms with E-state index in [4.69, 9.17) is 10.7 Å². The SMILES string of the molecule is Cl.Cl.Cl.NCCNCc1c2ccccc2nc2ccccc12. The predicted molar refractivity (Wildman–Crippen MR) is 102 cm³/mol. The second-order valence-electron chi connectivity index (χ2n) is 4.59. The van der Waals surface area contributed by atoms with Gasteiger partial charge in [0.2, 0.25) is 0 Å². The van der Waals surface area contributed by atoms with Crippen LogP contribution in [0.15, 0.2) is 48.5 Å². The molecular weight excluding hydrogens is 341 g/mol. The van der Waals surface area contributed by atoms with Gasteiger partial charge in [-0.05, 0) is 17.7 Å². The zero-order valence-corrected chi connectivity index (χ0v) is 14.4. The van der Waals surface area contributed by atoms with Gasteiger partial charge in [-0.3, -0.25) is 0 Å². The number of hydrogen-bond acceptors (Lipinski definition) is 3.